The zero-order valence-electron chi connectivity index (χ0n) is 6.47. The van der Waals surface area contributed by atoms with Gasteiger partial charge < -0.3 is 0 Å². The van der Waals surface area contributed by atoms with Crippen molar-refractivity contribution in [2.75, 3.05) is 0 Å². The van der Waals surface area contributed by atoms with E-state index in [2.05, 4.69) is 0 Å². The molecule has 0 fully saturated rings. The standard InChI is InChI=1S/C7H11O3P.Ni/c1-6-2-4-7(5-3-6)11(8,9)10;/h2-5,8-11H,1H3;. The summed E-state index contributed by atoms with van der Waals surface area (Å²) in [5.74, 6) is 0. The van der Waals surface area contributed by atoms with Gasteiger partial charge in [0.1, 0.15) is 0 Å². The molecule has 1 aromatic carbocycles. The molecule has 0 spiro atoms. The SMILES string of the molecule is Cc1ccc([PH](O)(O)O)cc1.[Ni]. The van der Waals surface area contributed by atoms with E-state index in [1.165, 1.54) is 12.1 Å². The first-order valence-electron chi connectivity index (χ1n) is 3.24. The van der Waals surface area contributed by atoms with Crippen LogP contribution in [0.1, 0.15) is 5.56 Å². The second kappa shape index (κ2) is 4.31. The molecule has 0 bridgehead atoms. The summed E-state index contributed by atoms with van der Waals surface area (Å²) >= 11 is 0. The van der Waals surface area contributed by atoms with Crippen LogP contribution in [0.25, 0.3) is 0 Å². The minimum absolute atomic E-state index is 0. The minimum atomic E-state index is -4.06. The second-order valence-corrected chi connectivity index (χ2v) is 4.35. The fraction of sp³-hybridized carbons (Fsp3) is 0.143. The topological polar surface area (TPSA) is 60.7 Å². The van der Waals surface area contributed by atoms with E-state index < -0.39 is 7.94 Å². The van der Waals surface area contributed by atoms with Gasteiger partial charge in [-0.1, -0.05) is 0 Å². The molecule has 0 radical (unpaired) electrons. The summed E-state index contributed by atoms with van der Waals surface area (Å²) in [4.78, 5) is 26.5. The summed E-state index contributed by atoms with van der Waals surface area (Å²) in [5.41, 5.74) is 1.02. The van der Waals surface area contributed by atoms with Crippen molar-refractivity contribution < 1.29 is 31.2 Å². The minimum Gasteiger partial charge on any atom is 0 e. The van der Waals surface area contributed by atoms with E-state index in [9.17, 15) is 0 Å². The molecule has 0 saturated heterocycles. The van der Waals surface area contributed by atoms with Crippen LogP contribution in [-0.2, 0) is 16.5 Å². The summed E-state index contributed by atoms with van der Waals surface area (Å²) in [6.07, 6.45) is 0. The number of benzene rings is 1. The molecular weight excluding hydrogens is 222 g/mol. The maximum Gasteiger partial charge on any atom is 0 e. The van der Waals surface area contributed by atoms with Gasteiger partial charge in [0.2, 0.25) is 0 Å². The first-order valence-corrected chi connectivity index (χ1v) is 5.08. The van der Waals surface area contributed by atoms with Gasteiger partial charge in [0, 0.05) is 16.5 Å². The van der Waals surface area contributed by atoms with Crippen LogP contribution in [0.3, 0.4) is 0 Å². The molecule has 0 amide bonds. The van der Waals surface area contributed by atoms with Gasteiger partial charge in [-0.15, -0.1) is 0 Å². The average Bonchev–Trinajstić information content (AvgIpc) is 1.86. The van der Waals surface area contributed by atoms with Crippen molar-refractivity contribution in [3.05, 3.63) is 29.8 Å². The predicted molar refractivity (Wildman–Crippen MR) is 45.8 cm³/mol. The summed E-state index contributed by atoms with van der Waals surface area (Å²) < 4.78 is 0. The van der Waals surface area contributed by atoms with E-state index in [1.807, 2.05) is 6.92 Å². The molecule has 12 heavy (non-hydrogen) atoms. The molecule has 0 aliphatic rings. The third-order valence-electron chi connectivity index (χ3n) is 1.44. The van der Waals surface area contributed by atoms with Crippen molar-refractivity contribution in [3.63, 3.8) is 0 Å². The number of rotatable bonds is 1. The van der Waals surface area contributed by atoms with Gasteiger partial charge in [-0.2, -0.15) is 0 Å². The Labute approximate surface area is 81.6 Å². The molecule has 72 valence electrons. The Kier molecular flexibility index (Phi) is 4.32. The van der Waals surface area contributed by atoms with E-state index >= 15 is 0 Å². The predicted octanol–water partition coefficient (Wildman–Crippen LogP) is 0.0896. The average molecular weight is 233 g/mol. The van der Waals surface area contributed by atoms with Crippen LogP contribution in [0, 0.1) is 6.92 Å². The van der Waals surface area contributed by atoms with Crippen molar-refractivity contribution >= 4 is 13.2 Å². The molecule has 5 heteroatoms. The second-order valence-electron chi connectivity index (χ2n) is 2.50. The van der Waals surface area contributed by atoms with E-state index in [0.717, 1.165) is 5.56 Å². The molecule has 3 N–H and O–H groups in total. The van der Waals surface area contributed by atoms with Crippen LogP contribution in [0.15, 0.2) is 24.3 Å². The molecule has 0 unspecified atom stereocenters. The van der Waals surface area contributed by atoms with Crippen LogP contribution in [-0.4, -0.2) is 14.7 Å². The van der Waals surface area contributed by atoms with Gasteiger partial charge >= 0.3 is 64.7 Å². The maximum absolute atomic E-state index is 8.83. The van der Waals surface area contributed by atoms with Gasteiger partial charge in [-0.05, 0) is 0 Å². The van der Waals surface area contributed by atoms with Crippen molar-refractivity contribution in [3.8, 4) is 0 Å². The van der Waals surface area contributed by atoms with E-state index in [1.54, 1.807) is 12.1 Å². The van der Waals surface area contributed by atoms with Gasteiger partial charge in [0.15, 0.2) is 0 Å². The first kappa shape index (κ1) is 12.0. The van der Waals surface area contributed by atoms with Crippen LogP contribution in [0.4, 0.5) is 0 Å². The van der Waals surface area contributed by atoms with Crippen molar-refractivity contribution in [1.82, 2.24) is 0 Å². The Morgan fingerprint density at radius 1 is 1.00 bits per heavy atom. The van der Waals surface area contributed by atoms with Crippen LogP contribution in [0.2, 0.25) is 0 Å². The van der Waals surface area contributed by atoms with Gasteiger partial charge in [0.05, 0.1) is 0 Å². The Morgan fingerprint density at radius 2 is 1.42 bits per heavy atom. The van der Waals surface area contributed by atoms with Crippen LogP contribution < -0.4 is 5.30 Å². The molecule has 0 heterocycles. The third-order valence-corrected chi connectivity index (χ3v) is 2.55. The fourth-order valence-electron chi connectivity index (χ4n) is 0.777. The summed E-state index contributed by atoms with van der Waals surface area (Å²) in [5, 5.41) is 0.211. The summed E-state index contributed by atoms with van der Waals surface area (Å²) in [6, 6.07) is 6.47. The molecule has 0 aliphatic heterocycles. The van der Waals surface area contributed by atoms with Crippen molar-refractivity contribution in [2.24, 2.45) is 0 Å². The fourth-order valence-corrected chi connectivity index (χ4v) is 1.39. The Hall–Kier alpha value is 0.0235. The zero-order valence-corrected chi connectivity index (χ0v) is 8.45. The Balaban J connectivity index is 0.00000121. The molecule has 1 rings (SSSR count). The first-order chi connectivity index (χ1) is 5.00. The molecule has 3 nitrogen and oxygen atoms in total. The number of aryl methyl sites for hydroxylation is 1. The molecule has 0 aromatic heterocycles. The largest absolute Gasteiger partial charge is 0 e. The normalized spacial score (nSPS) is 12.0. The van der Waals surface area contributed by atoms with Crippen LogP contribution >= 0.6 is 7.94 Å². The smallest absolute Gasteiger partial charge is 0 e. The van der Waals surface area contributed by atoms with E-state index in [0.29, 0.717) is 0 Å². The molecule has 0 atom stereocenters. The Morgan fingerprint density at radius 3 is 1.75 bits per heavy atom. The van der Waals surface area contributed by atoms with E-state index in [4.69, 9.17) is 14.7 Å². The molecule has 1 aromatic rings. The zero-order chi connectivity index (χ0) is 8.48. The quantitative estimate of drug-likeness (QED) is 0.475. The third kappa shape index (κ3) is 3.18. The van der Waals surface area contributed by atoms with Crippen molar-refractivity contribution in [2.45, 2.75) is 6.92 Å². The van der Waals surface area contributed by atoms with Crippen molar-refractivity contribution in [1.29, 1.82) is 0 Å². The summed E-state index contributed by atoms with van der Waals surface area (Å²) in [6.45, 7) is 1.89. The molecule has 0 aliphatic carbocycles. The maximum atomic E-state index is 8.83. The summed E-state index contributed by atoms with van der Waals surface area (Å²) in [7, 11) is -4.06. The number of hydrogen-bond acceptors (Lipinski definition) is 3. The molecular formula is C7H11NiO3P. The van der Waals surface area contributed by atoms with E-state index in [-0.39, 0.29) is 21.8 Å². The monoisotopic (exact) mass is 232 g/mol. The van der Waals surface area contributed by atoms with Gasteiger partial charge in [0.25, 0.3) is 0 Å². The van der Waals surface area contributed by atoms with Gasteiger partial charge in [-0.25, -0.2) is 0 Å². The molecule has 0 saturated carbocycles. The Bertz CT molecular complexity index is 242. The number of hydrogen-bond donors (Lipinski definition) is 3. The van der Waals surface area contributed by atoms with Gasteiger partial charge in [-0.3, -0.25) is 0 Å². The van der Waals surface area contributed by atoms with Crippen LogP contribution in [0.5, 0.6) is 0 Å².